The van der Waals surface area contributed by atoms with Crippen LogP contribution in [0.5, 0.6) is 0 Å². The van der Waals surface area contributed by atoms with Crippen LogP contribution in [-0.4, -0.2) is 73.0 Å². The second-order valence-corrected chi connectivity index (χ2v) is 9.91. The quantitative estimate of drug-likeness (QED) is 0.659. The smallest absolute Gasteiger partial charge is 0.257 e. The molecule has 2 N–H and O–H groups in total. The molecule has 1 aromatic heterocycles. The van der Waals surface area contributed by atoms with Crippen LogP contribution in [0.15, 0.2) is 34.9 Å². The monoisotopic (exact) mass is 479 g/mol. The van der Waals surface area contributed by atoms with Gasteiger partial charge in [-0.15, -0.1) is 0 Å². The average molecular weight is 480 g/mol. The standard InChI is InChI=1S/C26H30FN5O3/c1-31-6-8-32(9-7-31)26(34)19-13-23(35-15-19)17-3-2-16(22(27)12-17)10-21(14-28)30-25(33)24-18-4-5-20(11-18)29-24/h2-3,12-13,15,18,20-21,24,29H,4-11H2,1H3,(H,30,33)/t18?,20?,21-,24?/m0/s1. The summed E-state index contributed by atoms with van der Waals surface area (Å²) in [6, 6.07) is 7.66. The molecule has 1 aliphatic carbocycles. The van der Waals surface area contributed by atoms with Gasteiger partial charge in [0.2, 0.25) is 5.91 Å². The number of hydrogen-bond donors (Lipinski definition) is 2. The zero-order chi connectivity index (χ0) is 24.5. The summed E-state index contributed by atoms with van der Waals surface area (Å²) in [6.07, 6.45) is 4.60. The first kappa shape index (κ1) is 23.5. The molecule has 3 heterocycles. The number of benzene rings is 1. The van der Waals surface area contributed by atoms with Crippen LogP contribution in [0, 0.1) is 23.1 Å². The lowest BCUT2D eigenvalue weighted by Gasteiger charge is -2.32. The minimum absolute atomic E-state index is 0.0699. The molecule has 35 heavy (non-hydrogen) atoms. The van der Waals surface area contributed by atoms with Gasteiger partial charge in [-0.2, -0.15) is 5.26 Å². The normalized spacial score (nSPS) is 24.8. The van der Waals surface area contributed by atoms with E-state index >= 15 is 0 Å². The third kappa shape index (κ3) is 4.95. The summed E-state index contributed by atoms with van der Waals surface area (Å²) >= 11 is 0. The number of likely N-dealkylation sites (N-methyl/N-ethyl adjacent to an activating group) is 1. The van der Waals surface area contributed by atoms with E-state index in [0.29, 0.717) is 47.5 Å². The summed E-state index contributed by atoms with van der Waals surface area (Å²) in [6.45, 7) is 2.97. The average Bonchev–Trinajstić information content (AvgIpc) is 3.62. The van der Waals surface area contributed by atoms with E-state index in [1.807, 2.05) is 7.05 Å². The second kappa shape index (κ2) is 9.80. The van der Waals surface area contributed by atoms with Gasteiger partial charge in [-0.05, 0) is 49.9 Å². The summed E-state index contributed by atoms with van der Waals surface area (Å²) in [5, 5.41) is 15.6. The molecule has 2 saturated heterocycles. The lowest BCUT2D eigenvalue weighted by atomic mass is 9.98. The summed E-state index contributed by atoms with van der Waals surface area (Å²) in [4.78, 5) is 29.4. The Bertz CT molecular complexity index is 1150. The van der Waals surface area contributed by atoms with Gasteiger partial charge >= 0.3 is 0 Å². The molecule has 184 valence electrons. The van der Waals surface area contributed by atoms with Crippen molar-refractivity contribution in [2.45, 2.75) is 43.8 Å². The number of fused-ring (bicyclic) bond motifs is 2. The molecule has 3 fully saturated rings. The Balaban J connectivity index is 1.22. The minimum Gasteiger partial charge on any atom is -0.464 e. The molecule has 3 unspecified atom stereocenters. The van der Waals surface area contributed by atoms with E-state index in [1.54, 1.807) is 23.1 Å². The fraction of sp³-hybridized carbons (Fsp3) is 0.500. The fourth-order valence-electron chi connectivity index (χ4n) is 5.42. The summed E-state index contributed by atoms with van der Waals surface area (Å²) < 4.78 is 20.5. The van der Waals surface area contributed by atoms with E-state index in [1.165, 1.54) is 12.3 Å². The number of furan rings is 1. The van der Waals surface area contributed by atoms with Crippen molar-refractivity contribution in [1.82, 2.24) is 20.4 Å². The molecule has 1 aromatic carbocycles. The Kier molecular flexibility index (Phi) is 6.58. The number of hydrogen-bond acceptors (Lipinski definition) is 6. The number of rotatable bonds is 6. The van der Waals surface area contributed by atoms with E-state index in [4.69, 9.17) is 4.42 Å². The maximum Gasteiger partial charge on any atom is 0.257 e. The highest BCUT2D eigenvalue weighted by atomic mass is 19.1. The Morgan fingerprint density at radius 3 is 2.71 bits per heavy atom. The molecule has 3 aliphatic rings. The van der Waals surface area contributed by atoms with Gasteiger partial charge in [-0.3, -0.25) is 9.59 Å². The summed E-state index contributed by atoms with van der Waals surface area (Å²) in [7, 11) is 2.03. The molecule has 9 heteroatoms. The van der Waals surface area contributed by atoms with Crippen molar-refractivity contribution >= 4 is 11.8 Å². The van der Waals surface area contributed by atoms with E-state index in [-0.39, 0.29) is 24.3 Å². The van der Waals surface area contributed by atoms with E-state index < -0.39 is 11.9 Å². The molecule has 8 nitrogen and oxygen atoms in total. The Morgan fingerprint density at radius 2 is 2.06 bits per heavy atom. The van der Waals surface area contributed by atoms with E-state index in [2.05, 4.69) is 21.6 Å². The molecule has 2 bridgehead atoms. The molecule has 2 aromatic rings. The van der Waals surface area contributed by atoms with Crippen LogP contribution in [0.2, 0.25) is 0 Å². The Morgan fingerprint density at radius 1 is 1.26 bits per heavy atom. The first-order valence-corrected chi connectivity index (χ1v) is 12.2. The summed E-state index contributed by atoms with van der Waals surface area (Å²) in [5.74, 6) is -0.0489. The third-order valence-electron chi connectivity index (χ3n) is 7.51. The largest absolute Gasteiger partial charge is 0.464 e. The lowest BCUT2D eigenvalue weighted by Crippen LogP contribution is -2.50. The molecular weight excluding hydrogens is 449 g/mol. The molecule has 0 spiro atoms. The lowest BCUT2D eigenvalue weighted by molar-refractivity contribution is -0.124. The molecule has 0 radical (unpaired) electrons. The van der Waals surface area contributed by atoms with Crippen molar-refractivity contribution in [1.29, 1.82) is 5.26 Å². The van der Waals surface area contributed by atoms with Crippen LogP contribution in [0.3, 0.4) is 0 Å². The molecular formula is C26H30FN5O3. The van der Waals surface area contributed by atoms with Crippen molar-refractivity contribution in [2.24, 2.45) is 5.92 Å². The van der Waals surface area contributed by atoms with Crippen molar-refractivity contribution in [2.75, 3.05) is 33.2 Å². The topological polar surface area (TPSA) is 102 Å². The van der Waals surface area contributed by atoms with Crippen LogP contribution in [0.4, 0.5) is 4.39 Å². The van der Waals surface area contributed by atoms with Crippen LogP contribution in [0.1, 0.15) is 35.2 Å². The van der Waals surface area contributed by atoms with Crippen LogP contribution < -0.4 is 10.6 Å². The number of piperazine rings is 1. The van der Waals surface area contributed by atoms with Gasteiger partial charge in [-0.1, -0.05) is 12.1 Å². The van der Waals surface area contributed by atoms with E-state index in [0.717, 1.165) is 32.4 Å². The van der Waals surface area contributed by atoms with Gasteiger partial charge < -0.3 is 24.9 Å². The van der Waals surface area contributed by atoms with Crippen LogP contribution >= 0.6 is 0 Å². The molecule has 2 aliphatic heterocycles. The number of nitriles is 1. The Labute approximate surface area is 204 Å². The zero-order valence-electron chi connectivity index (χ0n) is 19.8. The van der Waals surface area contributed by atoms with Crippen molar-refractivity contribution < 1.29 is 18.4 Å². The number of nitrogens with zero attached hydrogens (tertiary/aromatic N) is 3. The van der Waals surface area contributed by atoms with Gasteiger partial charge in [0.1, 0.15) is 23.9 Å². The van der Waals surface area contributed by atoms with Crippen LogP contribution in [-0.2, 0) is 11.2 Å². The van der Waals surface area contributed by atoms with Crippen molar-refractivity contribution in [3.63, 3.8) is 0 Å². The number of carbonyl (C=O) groups is 2. The van der Waals surface area contributed by atoms with Gasteiger partial charge in [0.15, 0.2) is 0 Å². The van der Waals surface area contributed by atoms with Crippen LogP contribution in [0.25, 0.3) is 11.3 Å². The number of amides is 2. The predicted octanol–water partition coefficient (Wildman–Crippen LogP) is 2.16. The number of piperidine rings is 1. The Hall–Kier alpha value is -3.22. The summed E-state index contributed by atoms with van der Waals surface area (Å²) in [5.41, 5.74) is 1.28. The first-order valence-electron chi connectivity index (χ1n) is 12.2. The van der Waals surface area contributed by atoms with Crippen molar-refractivity contribution in [3.8, 4) is 17.4 Å². The van der Waals surface area contributed by atoms with Crippen molar-refractivity contribution in [3.05, 3.63) is 47.5 Å². The number of halogens is 1. The highest BCUT2D eigenvalue weighted by Crippen LogP contribution is 2.35. The minimum atomic E-state index is -0.819. The maximum absolute atomic E-state index is 14.9. The van der Waals surface area contributed by atoms with E-state index in [9.17, 15) is 19.2 Å². The molecule has 1 saturated carbocycles. The molecule has 5 rings (SSSR count). The number of nitrogens with one attached hydrogen (secondary N) is 2. The molecule has 4 atom stereocenters. The maximum atomic E-state index is 14.9. The molecule has 2 amide bonds. The fourth-order valence-corrected chi connectivity index (χ4v) is 5.42. The highest BCUT2D eigenvalue weighted by Gasteiger charge is 2.43. The first-order chi connectivity index (χ1) is 16.9. The predicted molar refractivity (Wildman–Crippen MR) is 127 cm³/mol. The van der Waals surface area contributed by atoms with Gasteiger partial charge in [0.25, 0.3) is 5.91 Å². The van der Waals surface area contributed by atoms with Gasteiger partial charge in [-0.25, -0.2) is 4.39 Å². The number of carbonyl (C=O) groups excluding carboxylic acids is 2. The SMILES string of the molecule is CN1CCN(C(=O)c2coc(-c3ccc(C[C@@H](C#N)NC(=O)C4NC5CCC4C5)c(F)c3)c2)CC1. The second-order valence-electron chi connectivity index (χ2n) is 9.91. The van der Waals surface area contributed by atoms with Gasteiger partial charge in [0, 0.05) is 44.2 Å². The third-order valence-corrected chi connectivity index (χ3v) is 7.51. The van der Waals surface area contributed by atoms with Gasteiger partial charge in [0.05, 0.1) is 17.7 Å². The highest BCUT2D eigenvalue weighted by molar-refractivity contribution is 5.95. The zero-order valence-corrected chi connectivity index (χ0v) is 19.8.